The highest BCUT2D eigenvalue weighted by molar-refractivity contribution is 5.90. The van der Waals surface area contributed by atoms with E-state index in [1.807, 2.05) is 0 Å². The molecule has 1 saturated heterocycles. The zero-order valence-corrected chi connectivity index (χ0v) is 19.9. The number of ether oxygens (including phenoxy) is 6. The number of aliphatic carboxylic acids is 1. The molecule has 0 aromatic heterocycles. The normalized spacial score (nSPS) is 23.7. The number of carbonyl (C=O) groups is 6. The third-order valence-electron chi connectivity index (χ3n) is 4.55. The van der Waals surface area contributed by atoms with E-state index in [1.165, 1.54) is 27.7 Å². The smallest absolute Gasteiger partial charge is 0.331 e. The molecule has 0 saturated carbocycles. The lowest BCUT2D eigenvalue weighted by Gasteiger charge is -2.43. The molecule has 5 atom stereocenters. The lowest BCUT2D eigenvalue weighted by molar-refractivity contribution is -0.301. The fourth-order valence-electron chi connectivity index (χ4n) is 2.78. The van der Waals surface area contributed by atoms with Gasteiger partial charge in [0.2, 0.25) is 12.4 Å². The molecule has 1 heterocycles. The first-order valence-electron chi connectivity index (χ1n) is 11.1. The van der Waals surface area contributed by atoms with Crippen LogP contribution in [0.5, 0.6) is 0 Å². The molecule has 13 nitrogen and oxygen atoms in total. The molecule has 0 unspecified atom stereocenters. The molecule has 196 valence electrons. The van der Waals surface area contributed by atoms with Gasteiger partial charge in [-0.25, -0.2) is 9.59 Å². The summed E-state index contributed by atoms with van der Waals surface area (Å²) in [5, 5.41) is 8.64. The first-order chi connectivity index (χ1) is 16.6. The minimum Gasteiger partial charge on any atom is -0.478 e. The van der Waals surface area contributed by atoms with Gasteiger partial charge in [0.05, 0.1) is 0 Å². The number of carboxylic acid groups (broad SMARTS) is 1. The highest BCUT2D eigenvalue weighted by Crippen LogP contribution is 2.30. The maximum Gasteiger partial charge on any atom is 0.331 e. The van der Waals surface area contributed by atoms with Crippen LogP contribution in [0.15, 0.2) is 12.2 Å². The maximum absolute atomic E-state index is 12.2. The maximum atomic E-state index is 12.2. The van der Waals surface area contributed by atoms with Crippen LogP contribution >= 0.6 is 0 Å². The van der Waals surface area contributed by atoms with Crippen LogP contribution in [0, 0.1) is 0 Å². The molecular weight excluding hydrogens is 472 g/mol. The zero-order valence-electron chi connectivity index (χ0n) is 19.9. The number of esters is 5. The lowest BCUT2D eigenvalue weighted by Crippen LogP contribution is -2.63. The minimum absolute atomic E-state index is 0.0679. The Kier molecular flexibility index (Phi) is 12.4. The number of hydrogen-bond acceptors (Lipinski definition) is 12. The second-order valence-electron chi connectivity index (χ2n) is 7.11. The topological polar surface area (TPSA) is 178 Å². The van der Waals surface area contributed by atoms with Crippen molar-refractivity contribution in [3.63, 3.8) is 0 Å². The summed E-state index contributed by atoms with van der Waals surface area (Å²) in [5.41, 5.74) is 0. The SMILES string of the molecule is CCC(=O)O[C@@H]1O[C@H](COC(=O)/C=C/C(=O)O)[C@@H](OC(=O)CC)[C@H](OC(=O)CC)[C@H]1OC(=O)CC. The molecule has 0 amide bonds. The number of rotatable bonds is 12. The largest absolute Gasteiger partial charge is 0.478 e. The molecular formula is C22H30O13. The fraction of sp³-hybridized carbons (Fsp3) is 0.636. The van der Waals surface area contributed by atoms with Crippen molar-refractivity contribution in [2.45, 2.75) is 84.1 Å². The summed E-state index contributed by atoms with van der Waals surface area (Å²) >= 11 is 0. The molecule has 13 heteroatoms. The predicted octanol–water partition coefficient (Wildman–Crippen LogP) is 0.814. The fourth-order valence-corrected chi connectivity index (χ4v) is 2.78. The van der Waals surface area contributed by atoms with E-state index in [0.29, 0.717) is 12.2 Å². The van der Waals surface area contributed by atoms with E-state index in [-0.39, 0.29) is 25.7 Å². The van der Waals surface area contributed by atoms with E-state index >= 15 is 0 Å². The minimum atomic E-state index is -1.59. The Hall–Kier alpha value is -3.48. The van der Waals surface area contributed by atoms with E-state index in [1.54, 1.807) is 0 Å². The second-order valence-corrected chi connectivity index (χ2v) is 7.11. The summed E-state index contributed by atoms with van der Waals surface area (Å²) in [6.07, 6.45) is -6.44. The third kappa shape index (κ3) is 9.73. The summed E-state index contributed by atoms with van der Waals surface area (Å²) in [7, 11) is 0. The van der Waals surface area contributed by atoms with E-state index in [9.17, 15) is 28.8 Å². The summed E-state index contributed by atoms with van der Waals surface area (Å²) in [4.78, 5) is 70.9. The highest BCUT2D eigenvalue weighted by Gasteiger charge is 2.54. The number of hydrogen-bond donors (Lipinski definition) is 1. The van der Waals surface area contributed by atoms with Gasteiger partial charge in [0.25, 0.3) is 0 Å². The summed E-state index contributed by atoms with van der Waals surface area (Å²) in [5.74, 6) is -5.39. The quantitative estimate of drug-likeness (QED) is 0.225. The molecule has 1 aliphatic rings. The standard InChI is InChI=1S/C22H30O13/c1-5-14(25)32-19-12(11-30-18(29)10-9-13(23)24)31-22(35-17(28)8-4)21(34-16(27)7-3)20(19)33-15(26)6-2/h9-10,12,19-22H,5-8,11H2,1-4H3,(H,23,24)/b10-9+/t12-,19-,20+,21-,22+/m1/s1. The van der Waals surface area contributed by atoms with Crippen molar-refractivity contribution in [2.75, 3.05) is 6.61 Å². The van der Waals surface area contributed by atoms with Gasteiger partial charge in [-0.05, 0) is 0 Å². The number of carbonyl (C=O) groups excluding carboxylic acids is 5. The Bertz CT molecular complexity index is 818. The average Bonchev–Trinajstić information content (AvgIpc) is 2.84. The summed E-state index contributed by atoms with van der Waals surface area (Å²) < 4.78 is 32.1. The number of carboxylic acids is 1. The molecule has 0 aliphatic carbocycles. The monoisotopic (exact) mass is 502 g/mol. The molecule has 0 aromatic carbocycles. The van der Waals surface area contributed by atoms with E-state index in [4.69, 9.17) is 33.5 Å². The van der Waals surface area contributed by atoms with E-state index in [2.05, 4.69) is 0 Å². The average molecular weight is 502 g/mol. The van der Waals surface area contributed by atoms with E-state index < -0.39 is 73.1 Å². The summed E-state index contributed by atoms with van der Waals surface area (Å²) in [6, 6.07) is 0. The van der Waals surface area contributed by atoms with Gasteiger partial charge in [0.15, 0.2) is 12.2 Å². The first-order valence-corrected chi connectivity index (χ1v) is 11.1. The lowest BCUT2D eigenvalue weighted by atomic mass is 9.98. The van der Waals surface area contributed by atoms with Crippen molar-refractivity contribution in [1.29, 1.82) is 0 Å². The molecule has 0 radical (unpaired) electrons. The first kappa shape index (κ1) is 29.6. The Morgan fingerprint density at radius 1 is 0.686 bits per heavy atom. The van der Waals surface area contributed by atoms with Gasteiger partial charge in [0, 0.05) is 37.8 Å². The van der Waals surface area contributed by atoms with Gasteiger partial charge in [-0.1, -0.05) is 27.7 Å². The van der Waals surface area contributed by atoms with Crippen LogP contribution in [0.1, 0.15) is 53.4 Å². The van der Waals surface area contributed by atoms with E-state index in [0.717, 1.165) is 0 Å². The molecule has 1 fully saturated rings. The predicted molar refractivity (Wildman–Crippen MR) is 113 cm³/mol. The Morgan fingerprint density at radius 2 is 1.14 bits per heavy atom. The Morgan fingerprint density at radius 3 is 1.63 bits per heavy atom. The van der Waals surface area contributed by atoms with Crippen molar-refractivity contribution in [1.82, 2.24) is 0 Å². The Labute approximate surface area is 201 Å². The van der Waals surface area contributed by atoms with Crippen LogP contribution in [-0.2, 0) is 57.2 Å². The zero-order chi connectivity index (χ0) is 26.5. The van der Waals surface area contributed by atoms with Crippen LogP contribution in [0.4, 0.5) is 0 Å². The highest BCUT2D eigenvalue weighted by atomic mass is 16.7. The molecule has 0 aromatic rings. The third-order valence-corrected chi connectivity index (χ3v) is 4.55. The van der Waals surface area contributed by atoms with Crippen molar-refractivity contribution >= 4 is 35.8 Å². The van der Waals surface area contributed by atoms with Gasteiger partial charge in [0.1, 0.15) is 12.7 Å². The van der Waals surface area contributed by atoms with Crippen molar-refractivity contribution in [3.05, 3.63) is 12.2 Å². The van der Waals surface area contributed by atoms with Crippen LogP contribution < -0.4 is 0 Å². The van der Waals surface area contributed by atoms with Gasteiger partial charge in [-0.3, -0.25) is 19.2 Å². The Balaban J connectivity index is 3.39. The molecule has 1 aliphatic heterocycles. The molecule has 1 N–H and O–H groups in total. The molecule has 1 rings (SSSR count). The molecule has 35 heavy (non-hydrogen) atoms. The second kappa shape index (κ2) is 14.7. The van der Waals surface area contributed by atoms with Crippen LogP contribution in [0.25, 0.3) is 0 Å². The van der Waals surface area contributed by atoms with Crippen molar-refractivity contribution < 1.29 is 62.3 Å². The van der Waals surface area contributed by atoms with Gasteiger partial charge in [-0.15, -0.1) is 0 Å². The van der Waals surface area contributed by atoms with Crippen LogP contribution in [0.3, 0.4) is 0 Å². The van der Waals surface area contributed by atoms with Gasteiger partial charge >= 0.3 is 35.8 Å². The molecule has 0 bridgehead atoms. The van der Waals surface area contributed by atoms with Crippen LogP contribution in [0.2, 0.25) is 0 Å². The van der Waals surface area contributed by atoms with Gasteiger partial charge < -0.3 is 33.5 Å². The van der Waals surface area contributed by atoms with Gasteiger partial charge in [-0.2, -0.15) is 0 Å². The van der Waals surface area contributed by atoms with Crippen molar-refractivity contribution in [3.8, 4) is 0 Å². The van der Waals surface area contributed by atoms with Crippen molar-refractivity contribution in [2.24, 2.45) is 0 Å². The van der Waals surface area contributed by atoms with Crippen LogP contribution in [-0.4, -0.2) is 78.2 Å². The molecule has 0 spiro atoms. The summed E-state index contributed by atoms with van der Waals surface area (Å²) in [6.45, 7) is 5.41.